The lowest BCUT2D eigenvalue weighted by Crippen LogP contribution is -2.21. The SMILES string of the molecule is OC(CNCc1ccccc1)c1cccc(Br)c1. The van der Waals surface area contributed by atoms with Gasteiger partial charge in [0, 0.05) is 17.6 Å². The Kier molecular flexibility index (Phi) is 4.93. The summed E-state index contributed by atoms with van der Waals surface area (Å²) in [5, 5.41) is 13.3. The summed E-state index contributed by atoms with van der Waals surface area (Å²) >= 11 is 3.40. The first kappa shape index (κ1) is 13.3. The fourth-order valence-corrected chi connectivity index (χ4v) is 2.20. The molecule has 1 unspecified atom stereocenters. The molecule has 94 valence electrons. The average molecular weight is 306 g/mol. The van der Waals surface area contributed by atoms with Gasteiger partial charge in [0.05, 0.1) is 6.10 Å². The monoisotopic (exact) mass is 305 g/mol. The number of nitrogens with one attached hydrogen (secondary N) is 1. The Morgan fingerprint density at radius 3 is 2.56 bits per heavy atom. The Morgan fingerprint density at radius 1 is 1.06 bits per heavy atom. The van der Waals surface area contributed by atoms with Crippen molar-refractivity contribution in [3.05, 3.63) is 70.2 Å². The van der Waals surface area contributed by atoms with Gasteiger partial charge in [-0.25, -0.2) is 0 Å². The first-order chi connectivity index (χ1) is 8.75. The number of rotatable bonds is 5. The number of aliphatic hydroxyl groups excluding tert-OH is 1. The Bertz CT molecular complexity index is 487. The number of aliphatic hydroxyl groups is 1. The van der Waals surface area contributed by atoms with E-state index >= 15 is 0 Å². The number of halogens is 1. The van der Waals surface area contributed by atoms with Gasteiger partial charge in [-0.05, 0) is 23.3 Å². The minimum Gasteiger partial charge on any atom is -0.387 e. The van der Waals surface area contributed by atoms with Gasteiger partial charge in [0.25, 0.3) is 0 Å². The van der Waals surface area contributed by atoms with E-state index < -0.39 is 6.10 Å². The molecule has 0 saturated carbocycles. The van der Waals surface area contributed by atoms with Crippen LogP contribution in [-0.4, -0.2) is 11.7 Å². The van der Waals surface area contributed by atoms with Gasteiger partial charge in [-0.2, -0.15) is 0 Å². The molecule has 0 aliphatic heterocycles. The van der Waals surface area contributed by atoms with E-state index in [1.165, 1.54) is 5.56 Å². The van der Waals surface area contributed by atoms with Crippen LogP contribution in [0.4, 0.5) is 0 Å². The third-order valence-electron chi connectivity index (χ3n) is 2.74. The van der Waals surface area contributed by atoms with Gasteiger partial charge in [-0.1, -0.05) is 58.4 Å². The van der Waals surface area contributed by atoms with E-state index in [-0.39, 0.29) is 0 Å². The third-order valence-corrected chi connectivity index (χ3v) is 3.24. The molecule has 1 atom stereocenters. The molecule has 0 fully saturated rings. The highest BCUT2D eigenvalue weighted by molar-refractivity contribution is 9.10. The molecule has 0 radical (unpaired) electrons. The van der Waals surface area contributed by atoms with Crippen LogP contribution in [0.15, 0.2) is 59.1 Å². The Labute approximate surface area is 116 Å². The normalized spacial score (nSPS) is 12.3. The fourth-order valence-electron chi connectivity index (χ4n) is 1.78. The molecule has 2 nitrogen and oxygen atoms in total. The van der Waals surface area contributed by atoms with Crippen molar-refractivity contribution in [3.63, 3.8) is 0 Å². The molecule has 0 saturated heterocycles. The standard InChI is InChI=1S/C15H16BrNO/c16-14-8-4-7-13(9-14)15(18)11-17-10-12-5-2-1-3-6-12/h1-9,15,17-18H,10-11H2. The lowest BCUT2D eigenvalue weighted by Gasteiger charge is -2.12. The van der Waals surface area contributed by atoms with Gasteiger partial charge in [-0.15, -0.1) is 0 Å². The van der Waals surface area contributed by atoms with Gasteiger partial charge in [0.1, 0.15) is 0 Å². The maximum absolute atomic E-state index is 10.0. The van der Waals surface area contributed by atoms with Crippen molar-refractivity contribution in [3.8, 4) is 0 Å². The van der Waals surface area contributed by atoms with Crippen molar-refractivity contribution in [1.82, 2.24) is 5.32 Å². The zero-order valence-corrected chi connectivity index (χ0v) is 11.6. The summed E-state index contributed by atoms with van der Waals surface area (Å²) in [6.07, 6.45) is -0.480. The quantitative estimate of drug-likeness (QED) is 0.888. The Morgan fingerprint density at radius 2 is 1.83 bits per heavy atom. The highest BCUT2D eigenvalue weighted by Crippen LogP contribution is 2.17. The van der Waals surface area contributed by atoms with Crippen LogP contribution in [0.3, 0.4) is 0 Å². The van der Waals surface area contributed by atoms with Crippen LogP contribution in [0.25, 0.3) is 0 Å². The van der Waals surface area contributed by atoms with Gasteiger partial charge in [0.2, 0.25) is 0 Å². The maximum atomic E-state index is 10.0. The van der Waals surface area contributed by atoms with Crippen LogP contribution in [0.2, 0.25) is 0 Å². The minimum atomic E-state index is -0.480. The van der Waals surface area contributed by atoms with Crippen molar-refractivity contribution in [1.29, 1.82) is 0 Å². The van der Waals surface area contributed by atoms with E-state index in [0.29, 0.717) is 6.54 Å². The molecule has 0 aliphatic rings. The topological polar surface area (TPSA) is 32.3 Å². The summed E-state index contributed by atoms with van der Waals surface area (Å²) in [4.78, 5) is 0. The van der Waals surface area contributed by atoms with E-state index in [1.54, 1.807) is 0 Å². The van der Waals surface area contributed by atoms with Crippen LogP contribution in [0.5, 0.6) is 0 Å². The van der Waals surface area contributed by atoms with Crippen LogP contribution in [0.1, 0.15) is 17.2 Å². The van der Waals surface area contributed by atoms with Crippen LogP contribution < -0.4 is 5.32 Å². The zero-order chi connectivity index (χ0) is 12.8. The Balaban J connectivity index is 1.83. The second-order valence-corrected chi connectivity index (χ2v) is 5.10. The Hall–Kier alpha value is -1.16. The predicted octanol–water partition coefficient (Wildman–Crippen LogP) is 3.27. The van der Waals surface area contributed by atoms with Crippen molar-refractivity contribution < 1.29 is 5.11 Å². The van der Waals surface area contributed by atoms with Crippen LogP contribution >= 0.6 is 15.9 Å². The van der Waals surface area contributed by atoms with E-state index in [0.717, 1.165) is 16.6 Å². The van der Waals surface area contributed by atoms with E-state index in [2.05, 4.69) is 33.4 Å². The summed E-state index contributed by atoms with van der Waals surface area (Å²) in [6, 6.07) is 17.9. The molecule has 3 heteroatoms. The molecule has 0 heterocycles. The molecular formula is C15H16BrNO. The highest BCUT2D eigenvalue weighted by atomic mass is 79.9. The largest absolute Gasteiger partial charge is 0.387 e. The predicted molar refractivity (Wildman–Crippen MR) is 77.3 cm³/mol. The summed E-state index contributed by atoms with van der Waals surface area (Å²) in [5.74, 6) is 0. The van der Waals surface area contributed by atoms with Crippen molar-refractivity contribution >= 4 is 15.9 Å². The lowest BCUT2D eigenvalue weighted by atomic mass is 10.1. The van der Waals surface area contributed by atoms with E-state index in [9.17, 15) is 5.11 Å². The molecule has 2 rings (SSSR count). The molecular weight excluding hydrogens is 290 g/mol. The number of benzene rings is 2. The molecule has 18 heavy (non-hydrogen) atoms. The second kappa shape index (κ2) is 6.69. The second-order valence-electron chi connectivity index (χ2n) is 4.19. The van der Waals surface area contributed by atoms with Gasteiger partial charge in [0.15, 0.2) is 0 Å². The molecule has 2 N–H and O–H groups in total. The molecule has 2 aromatic carbocycles. The summed E-state index contributed by atoms with van der Waals surface area (Å²) < 4.78 is 0.988. The fraction of sp³-hybridized carbons (Fsp3) is 0.200. The first-order valence-electron chi connectivity index (χ1n) is 5.94. The molecule has 2 aromatic rings. The molecule has 0 aliphatic carbocycles. The van der Waals surface area contributed by atoms with Crippen LogP contribution in [0, 0.1) is 0 Å². The van der Waals surface area contributed by atoms with Crippen molar-refractivity contribution in [2.24, 2.45) is 0 Å². The molecule has 0 amide bonds. The number of hydrogen-bond donors (Lipinski definition) is 2. The third kappa shape index (κ3) is 3.95. The molecule has 0 aromatic heterocycles. The van der Waals surface area contributed by atoms with Crippen LogP contribution in [-0.2, 0) is 6.54 Å². The lowest BCUT2D eigenvalue weighted by molar-refractivity contribution is 0.174. The summed E-state index contributed by atoms with van der Waals surface area (Å²) in [7, 11) is 0. The average Bonchev–Trinajstić information content (AvgIpc) is 2.40. The minimum absolute atomic E-state index is 0.480. The summed E-state index contributed by atoms with van der Waals surface area (Å²) in [5.41, 5.74) is 2.14. The summed E-state index contributed by atoms with van der Waals surface area (Å²) in [6.45, 7) is 1.32. The zero-order valence-electron chi connectivity index (χ0n) is 10.0. The molecule has 0 bridgehead atoms. The first-order valence-corrected chi connectivity index (χ1v) is 6.73. The maximum Gasteiger partial charge on any atom is 0.0914 e. The van der Waals surface area contributed by atoms with Crippen molar-refractivity contribution in [2.75, 3.05) is 6.54 Å². The van der Waals surface area contributed by atoms with E-state index in [4.69, 9.17) is 0 Å². The smallest absolute Gasteiger partial charge is 0.0914 e. The molecule has 0 spiro atoms. The number of hydrogen-bond acceptors (Lipinski definition) is 2. The highest BCUT2D eigenvalue weighted by Gasteiger charge is 2.06. The van der Waals surface area contributed by atoms with E-state index in [1.807, 2.05) is 42.5 Å². The van der Waals surface area contributed by atoms with Gasteiger partial charge in [-0.3, -0.25) is 0 Å². The van der Waals surface area contributed by atoms with Crippen molar-refractivity contribution in [2.45, 2.75) is 12.6 Å². The van der Waals surface area contributed by atoms with Gasteiger partial charge < -0.3 is 10.4 Å². The van der Waals surface area contributed by atoms with Gasteiger partial charge >= 0.3 is 0 Å².